The van der Waals surface area contributed by atoms with Gasteiger partial charge in [0.2, 0.25) is 0 Å². The standard InChI is InChI=1S/C10H10BrClO2/c1-6-2-3-7(5-9(6)12)4-8(11)10(13)14/h2-3,5,8H,4H2,1H3,(H,13,14)/t8-/m1/s1. The van der Waals surface area contributed by atoms with E-state index in [0.717, 1.165) is 11.1 Å². The maximum Gasteiger partial charge on any atom is 0.317 e. The summed E-state index contributed by atoms with van der Waals surface area (Å²) in [4.78, 5) is 10.0. The van der Waals surface area contributed by atoms with Crippen LogP contribution in [0.1, 0.15) is 11.1 Å². The Bertz CT molecular complexity index is 352. The van der Waals surface area contributed by atoms with E-state index in [9.17, 15) is 4.79 Å². The van der Waals surface area contributed by atoms with Gasteiger partial charge in [0.05, 0.1) is 0 Å². The Hall–Kier alpha value is -0.540. The minimum atomic E-state index is -0.860. The van der Waals surface area contributed by atoms with Crippen LogP contribution in [0.15, 0.2) is 18.2 Å². The maximum atomic E-state index is 10.6. The highest BCUT2D eigenvalue weighted by Crippen LogP contribution is 2.19. The summed E-state index contributed by atoms with van der Waals surface area (Å²) in [6, 6.07) is 5.58. The van der Waals surface area contributed by atoms with Gasteiger partial charge in [-0.2, -0.15) is 0 Å². The number of hydrogen-bond donors (Lipinski definition) is 1. The summed E-state index contributed by atoms with van der Waals surface area (Å²) >= 11 is 8.99. The number of aliphatic carboxylic acids is 1. The number of aryl methyl sites for hydroxylation is 1. The number of hydrogen-bond acceptors (Lipinski definition) is 1. The van der Waals surface area contributed by atoms with Crippen molar-refractivity contribution in [2.45, 2.75) is 18.2 Å². The molecule has 0 fully saturated rings. The van der Waals surface area contributed by atoms with Crippen molar-refractivity contribution in [2.24, 2.45) is 0 Å². The molecule has 1 aromatic rings. The van der Waals surface area contributed by atoms with Crippen molar-refractivity contribution < 1.29 is 9.90 Å². The smallest absolute Gasteiger partial charge is 0.317 e. The lowest BCUT2D eigenvalue weighted by Gasteiger charge is -2.06. The molecule has 0 aliphatic heterocycles. The van der Waals surface area contributed by atoms with Gasteiger partial charge in [0, 0.05) is 5.02 Å². The molecule has 76 valence electrons. The maximum absolute atomic E-state index is 10.6. The van der Waals surface area contributed by atoms with Crippen molar-refractivity contribution in [3.8, 4) is 0 Å². The zero-order valence-electron chi connectivity index (χ0n) is 7.63. The first-order chi connectivity index (χ1) is 6.50. The van der Waals surface area contributed by atoms with E-state index in [4.69, 9.17) is 16.7 Å². The first kappa shape index (κ1) is 11.5. The van der Waals surface area contributed by atoms with Crippen molar-refractivity contribution in [3.05, 3.63) is 34.3 Å². The minimum absolute atomic E-state index is 0.440. The molecule has 1 N–H and O–H groups in total. The number of alkyl halides is 1. The molecule has 4 heteroatoms. The molecule has 0 saturated carbocycles. The minimum Gasteiger partial charge on any atom is -0.480 e. The fourth-order valence-electron chi connectivity index (χ4n) is 1.06. The highest BCUT2D eigenvalue weighted by molar-refractivity contribution is 9.10. The molecular formula is C10H10BrClO2. The number of carboxylic acids is 1. The Morgan fingerprint density at radius 2 is 2.29 bits per heavy atom. The monoisotopic (exact) mass is 276 g/mol. The Labute approximate surface area is 96.0 Å². The van der Waals surface area contributed by atoms with Crippen LogP contribution in [0.2, 0.25) is 5.02 Å². The van der Waals surface area contributed by atoms with E-state index in [1.54, 1.807) is 6.07 Å². The van der Waals surface area contributed by atoms with Gasteiger partial charge in [0.25, 0.3) is 0 Å². The van der Waals surface area contributed by atoms with E-state index < -0.39 is 10.8 Å². The molecule has 0 aromatic heterocycles. The fraction of sp³-hybridized carbons (Fsp3) is 0.300. The SMILES string of the molecule is Cc1ccc(C[C@@H](Br)C(=O)O)cc1Cl. The van der Waals surface area contributed by atoms with Crippen molar-refractivity contribution in [2.75, 3.05) is 0 Å². The second-order valence-corrected chi connectivity index (χ2v) is 4.61. The first-order valence-corrected chi connectivity index (χ1v) is 5.42. The molecule has 0 unspecified atom stereocenters. The summed E-state index contributed by atoms with van der Waals surface area (Å²) in [7, 11) is 0. The number of rotatable bonds is 3. The molecule has 0 amide bonds. The highest BCUT2D eigenvalue weighted by atomic mass is 79.9. The van der Waals surface area contributed by atoms with Gasteiger partial charge >= 0.3 is 5.97 Å². The van der Waals surface area contributed by atoms with Gasteiger partial charge in [0.15, 0.2) is 0 Å². The lowest BCUT2D eigenvalue weighted by molar-refractivity contribution is -0.136. The van der Waals surface area contributed by atoms with Crippen LogP contribution in [0, 0.1) is 6.92 Å². The molecule has 0 heterocycles. The number of benzene rings is 1. The zero-order valence-corrected chi connectivity index (χ0v) is 9.97. The van der Waals surface area contributed by atoms with Gasteiger partial charge in [-0.1, -0.05) is 39.7 Å². The number of carbonyl (C=O) groups is 1. The average Bonchev–Trinajstić information content (AvgIpc) is 2.11. The van der Waals surface area contributed by atoms with Crippen LogP contribution < -0.4 is 0 Å². The Kier molecular flexibility index (Phi) is 3.96. The van der Waals surface area contributed by atoms with Crippen LogP contribution >= 0.6 is 27.5 Å². The zero-order chi connectivity index (χ0) is 10.7. The van der Waals surface area contributed by atoms with E-state index in [1.807, 2.05) is 19.1 Å². The van der Waals surface area contributed by atoms with E-state index in [0.29, 0.717) is 11.4 Å². The van der Waals surface area contributed by atoms with Crippen molar-refractivity contribution in [1.29, 1.82) is 0 Å². The highest BCUT2D eigenvalue weighted by Gasteiger charge is 2.13. The molecule has 0 radical (unpaired) electrons. The number of carboxylic acid groups (broad SMARTS) is 1. The predicted octanol–water partition coefficient (Wildman–Crippen LogP) is 3.04. The molecule has 0 spiro atoms. The third kappa shape index (κ3) is 3.00. The van der Waals surface area contributed by atoms with Gasteiger partial charge in [-0.25, -0.2) is 0 Å². The lowest BCUT2D eigenvalue weighted by atomic mass is 10.1. The van der Waals surface area contributed by atoms with Gasteiger partial charge in [0.1, 0.15) is 4.83 Å². The Morgan fingerprint density at radius 3 is 2.79 bits per heavy atom. The quantitative estimate of drug-likeness (QED) is 0.862. The van der Waals surface area contributed by atoms with E-state index in [1.165, 1.54) is 0 Å². The van der Waals surface area contributed by atoms with Gasteiger partial charge in [-0.15, -0.1) is 0 Å². The van der Waals surface area contributed by atoms with E-state index in [2.05, 4.69) is 15.9 Å². The molecule has 0 aliphatic rings. The largest absolute Gasteiger partial charge is 0.480 e. The van der Waals surface area contributed by atoms with Crippen LogP contribution in [0.25, 0.3) is 0 Å². The number of halogens is 2. The van der Waals surface area contributed by atoms with Gasteiger partial charge < -0.3 is 5.11 Å². The molecule has 0 aliphatic carbocycles. The summed E-state index contributed by atoms with van der Waals surface area (Å²) in [5.74, 6) is -0.860. The van der Waals surface area contributed by atoms with Crippen LogP contribution in [-0.4, -0.2) is 15.9 Å². The summed E-state index contributed by atoms with van der Waals surface area (Å²) in [6.07, 6.45) is 0.440. The van der Waals surface area contributed by atoms with Crippen LogP contribution in [0.4, 0.5) is 0 Å². The molecule has 14 heavy (non-hydrogen) atoms. The van der Waals surface area contributed by atoms with Crippen LogP contribution in [0.3, 0.4) is 0 Å². The first-order valence-electron chi connectivity index (χ1n) is 4.12. The molecule has 0 saturated heterocycles. The van der Waals surface area contributed by atoms with Crippen LogP contribution in [-0.2, 0) is 11.2 Å². The van der Waals surface area contributed by atoms with Gasteiger partial charge in [-0.05, 0) is 30.5 Å². The average molecular weight is 278 g/mol. The molecule has 2 nitrogen and oxygen atoms in total. The predicted molar refractivity (Wildman–Crippen MR) is 60.2 cm³/mol. The molecular weight excluding hydrogens is 267 g/mol. The Balaban J connectivity index is 2.78. The molecule has 1 aromatic carbocycles. The fourth-order valence-corrected chi connectivity index (χ4v) is 1.63. The van der Waals surface area contributed by atoms with Crippen molar-refractivity contribution in [3.63, 3.8) is 0 Å². The summed E-state index contributed by atoms with van der Waals surface area (Å²) in [6.45, 7) is 1.91. The normalized spacial score (nSPS) is 12.5. The summed E-state index contributed by atoms with van der Waals surface area (Å²) in [5.41, 5.74) is 1.92. The summed E-state index contributed by atoms with van der Waals surface area (Å²) < 4.78 is 0. The molecule has 0 bridgehead atoms. The lowest BCUT2D eigenvalue weighted by Crippen LogP contribution is -2.15. The molecule has 1 rings (SSSR count). The van der Waals surface area contributed by atoms with Crippen molar-refractivity contribution >= 4 is 33.5 Å². The third-order valence-electron chi connectivity index (χ3n) is 1.92. The molecule has 1 atom stereocenters. The second-order valence-electron chi connectivity index (χ2n) is 3.09. The second kappa shape index (κ2) is 4.80. The van der Waals surface area contributed by atoms with Gasteiger partial charge in [-0.3, -0.25) is 4.79 Å². The van der Waals surface area contributed by atoms with Crippen LogP contribution in [0.5, 0.6) is 0 Å². The van der Waals surface area contributed by atoms with E-state index >= 15 is 0 Å². The van der Waals surface area contributed by atoms with E-state index in [-0.39, 0.29) is 0 Å². The Morgan fingerprint density at radius 1 is 1.64 bits per heavy atom. The summed E-state index contributed by atoms with van der Waals surface area (Å²) in [5, 5.41) is 9.36. The third-order valence-corrected chi connectivity index (χ3v) is 3.04. The topological polar surface area (TPSA) is 37.3 Å². The van der Waals surface area contributed by atoms with Crippen molar-refractivity contribution in [1.82, 2.24) is 0 Å².